The fourth-order valence-electron chi connectivity index (χ4n) is 7.25. The molecule has 0 aromatic rings. The Hall–Kier alpha value is -2.36. The highest BCUT2D eigenvalue weighted by Gasteiger charge is 2.19. The van der Waals surface area contributed by atoms with Crippen molar-refractivity contribution in [2.24, 2.45) is 5.92 Å². The topological polar surface area (TPSA) is 92.8 Å². The second-order valence-electron chi connectivity index (χ2n) is 17.8. The van der Waals surface area contributed by atoms with Crippen LogP contribution in [-0.4, -0.2) is 81.6 Å². The van der Waals surface area contributed by atoms with Crippen molar-refractivity contribution in [1.29, 1.82) is 0 Å². The minimum atomic E-state index is -0.723. The standard InChI is InChI=1S/C53H99NO8/c1-9-12-15-18-21-22-23-24-25-26-27-28-29-30-33-37-51(55)61-45-50(46-62-53(56)59-43-36-40-54(47(4)5)48(6)7)44-60-49(8)38-39-52(57-41-34-31-19-16-13-10-2)58-42-35-32-20-17-14-11-3/h21-22,24-25,47-48,50,52H,8-20,23,26-46H2,1-7H3/b22-21-,25-24-. The van der Waals surface area contributed by atoms with Crippen LogP contribution in [0.25, 0.3) is 0 Å². The summed E-state index contributed by atoms with van der Waals surface area (Å²) in [7, 11) is 0. The van der Waals surface area contributed by atoms with Gasteiger partial charge in [-0.15, -0.1) is 0 Å². The summed E-state index contributed by atoms with van der Waals surface area (Å²) in [5, 5.41) is 0. The number of esters is 1. The second-order valence-corrected chi connectivity index (χ2v) is 17.8. The number of carbonyl (C=O) groups excluding carboxylic acids is 2. The van der Waals surface area contributed by atoms with Crippen LogP contribution in [0.15, 0.2) is 36.6 Å². The molecule has 0 saturated carbocycles. The fourth-order valence-corrected chi connectivity index (χ4v) is 7.25. The van der Waals surface area contributed by atoms with Crippen LogP contribution >= 0.6 is 0 Å². The first-order valence-electron chi connectivity index (χ1n) is 25.7. The van der Waals surface area contributed by atoms with E-state index in [1.165, 1.54) is 96.3 Å². The Balaban J connectivity index is 4.94. The molecule has 0 aliphatic heterocycles. The fraction of sp³-hybridized carbons (Fsp3) is 0.849. The van der Waals surface area contributed by atoms with Gasteiger partial charge >= 0.3 is 12.1 Å². The lowest BCUT2D eigenvalue weighted by atomic mass is 10.1. The molecule has 0 amide bonds. The largest absolute Gasteiger partial charge is 0.508 e. The highest BCUT2D eigenvalue weighted by atomic mass is 16.7. The number of rotatable bonds is 46. The predicted octanol–water partition coefficient (Wildman–Crippen LogP) is 15.0. The molecule has 0 aliphatic carbocycles. The number of hydrogen-bond donors (Lipinski definition) is 0. The minimum Gasteiger partial charge on any atom is -0.498 e. The van der Waals surface area contributed by atoms with Gasteiger partial charge in [-0.05, 0) is 85.5 Å². The van der Waals surface area contributed by atoms with Gasteiger partial charge in [-0.1, -0.05) is 148 Å². The summed E-state index contributed by atoms with van der Waals surface area (Å²) in [5.74, 6) is -0.00558. The monoisotopic (exact) mass is 878 g/mol. The molecule has 0 aromatic carbocycles. The van der Waals surface area contributed by atoms with Gasteiger partial charge in [0.2, 0.25) is 0 Å². The molecule has 9 nitrogen and oxygen atoms in total. The average Bonchev–Trinajstić information content (AvgIpc) is 3.25. The Bertz CT molecular complexity index is 1050. The van der Waals surface area contributed by atoms with E-state index in [1.54, 1.807) is 0 Å². The maximum Gasteiger partial charge on any atom is 0.508 e. The quantitative estimate of drug-likeness (QED) is 0.0195. The van der Waals surface area contributed by atoms with E-state index in [2.05, 4.69) is 84.2 Å². The minimum absolute atomic E-state index is 0.0125. The van der Waals surface area contributed by atoms with Crippen molar-refractivity contribution in [3.63, 3.8) is 0 Å². The zero-order chi connectivity index (χ0) is 45.7. The van der Waals surface area contributed by atoms with Crippen LogP contribution in [0.1, 0.15) is 222 Å². The lowest BCUT2D eigenvalue weighted by Gasteiger charge is -2.30. The molecule has 0 rings (SSSR count). The van der Waals surface area contributed by atoms with E-state index in [1.807, 2.05) is 0 Å². The summed E-state index contributed by atoms with van der Waals surface area (Å²) in [6.45, 7) is 22.4. The number of ether oxygens (including phenoxy) is 6. The Labute approximate surface area is 382 Å². The third-order valence-electron chi connectivity index (χ3n) is 11.1. The molecule has 0 saturated heterocycles. The molecule has 9 heteroatoms. The molecule has 0 N–H and O–H groups in total. The number of hydrogen-bond acceptors (Lipinski definition) is 9. The molecule has 0 fully saturated rings. The normalized spacial score (nSPS) is 12.4. The molecular weight excluding hydrogens is 779 g/mol. The van der Waals surface area contributed by atoms with E-state index < -0.39 is 6.16 Å². The maximum atomic E-state index is 12.7. The smallest absolute Gasteiger partial charge is 0.498 e. The van der Waals surface area contributed by atoms with E-state index in [0.717, 1.165) is 64.3 Å². The Morgan fingerprint density at radius 1 is 0.516 bits per heavy atom. The number of nitrogens with zero attached hydrogens (tertiary/aromatic N) is 1. The van der Waals surface area contributed by atoms with Crippen LogP contribution in [-0.2, 0) is 33.2 Å². The van der Waals surface area contributed by atoms with Gasteiger partial charge in [-0.2, -0.15) is 0 Å². The molecular formula is C53H99NO8. The van der Waals surface area contributed by atoms with Crippen LogP contribution in [0.5, 0.6) is 0 Å². The van der Waals surface area contributed by atoms with Gasteiger partial charge < -0.3 is 28.4 Å². The highest BCUT2D eigenvalue weighted by Crippen LogP contribution is 2.17. The van der Waals surface area contributed by atoms with Gasteiger partial charge in [0.15, 0.2) is 6.29 Å². The van der Waals surface area contributed by atoms with E-state index in [9.17, 15) is 9.59 Å². The third-order valence-corrected chi connectivity index (χ3v) is 11.1. The van der Waals surface area contributed by atoms with Crippen molar-refractivity contribution in [2.45, 2.75) is 240 Å². The van der Waals surface area contributed by atoms with Gasteiger partial charge in [-0.25, -0.2) is 4.79 Å². The summed E-state index contributed by atoms with van der Waals surface area (Å²) in [4.78, 5) is 27.7. The van der Waals surface area contributed by atoms with Gasteiger partial charge in [-0.3, -0.25) is 9.69 Å². The summed E-state index contributed by atoms with van der Waals surface area (Å²) in [5.41, 5.74) is 0. The van der Waals surface area contributed by atoms with Crippen LogP contribution in [0.4, 0.5) is 4.79 Å². The summed E-state index contributed by atoms with van der Waals surface area (Å²) < 4.78 is 35.1. The zero-order valence-electron chi connectivity index (χ0n) is 41.6. The Morgan fingerprint density at radius 2 is 1.00 bits per heavy atom. The van der Waals surface area contributed by atoms with Crippen molar-refractivity contribution in [1.82, 2.24) is 4.90 Å². The van der Waals surface area contributed by atoms with Gasteiger partial charge in [0.1, 0.15) is 13.2 Å². The first-order chi connectivity index (χ1) is 30.1. The van der Waals surface area contributed by atoms with Crippen molar-refractivity contribution < 1.29 is 38.0 Å². The van der Waals surface area contributed by atoms with E-state index in [-0.39, 0.29) is 44.6 Å². The van der Waals surface area contributed by atoms with E-state index >= 15 is 0 Å². The molecule has 1 atom stereocenters. The molecule has 0 bridgehead atoms. The van der Waals surface area contributed by atoms with Gasteiger partial charge in [0.05, 0.1) is 24.9 Å². The lowest BCUT2D eigenvalue weighted by molar-refractivity contribution is -0.148. The first kappa shape index (κ1) is 59.6. The van der Waals surface area contributed by atoms with Crippen molar-refractivity contribution in [3.8, 4) is 0 Å². The number of carbonyl (C=O) groups is 2. The van der Waals surface area contributed by atoms with Crippen LogP contribution in [0.3, 0.4) is 0 Å². The van der Waals surface area contributed by atoms with Crippen molar-refractivity contribution >= 4 is 12.1 Å². The molecule has 0 radical (unpaired) electrons. The van der Waals surface area contributed by atoms with Gasteiger partial charge in [0, 0.05) is 51.1 Å². The molecule has 0 aliphatic rings. The highest BCUT2D eigenvalue weighted by molar-refractivity contribution is 5.69. The third kappa shape index (κ3) is 40.4. The maximum absolute atomic E-state index is 12.7. The molecule has 0 heterocycles. The molecule has 0 spiro atoms. The van der Waals surface area contributed by atoms with Crippen LogP contribution < -0.4 is 0 Å². The lowest BCUT2D eigenvalue weighted by Crippen LogP contribution is -2.38. The van der Waals surface area contributed by atoms with Crippen LogP contribution in [0.2, 0.25) is 0 Å². The zero-order valence-corrected chi connectivity index (χ0v) is 41.6. The summed E-state index contributed by atoms with van der Waals surface area (Å²) in [6.07, 6.45) is 37.4. The van der Waals surface area contributed by atoms with E-state index in [4.69, 9.17) is 28.4 Å². The van der Waals surface area contributed by atoms with Crippen molar-refractivity contribution in [3.05, 3.63) is 36.6 Å². The molecule has 1 unspecified atom stereocenters. The van der Waals surface area contributed by atoms with Crippen LogP contribution in [0, 0.1) is 5.92 Å². The van der Waals surface area contributed by atoms with Gasteiger partial charge in [0.25, 0.3) is 0 Å². The molecule has 0 aromatic heterocycles. The average molecular weight is 878 g/mol. The number of allylic oxidation sites excluding steroid dienone is 5. The second kappa shape index (κ2) is 45.2. The predicted molar refractivity (Wildman–Crippen MR) is 259 cm³/mol. The first-order valence-corrected chi connectivity index (χ1v) is 25.7. The SMILES string of the molecule is C=C(CCC(OCCCCCCCC)OCCCCCCCC)OCC(COC(=O)CCCCCCC/C=C\C/C=C\CCCCC)COC(=O)OCCCN(C(C)C)C(C)C. The summed E-state index contributed by atoms with van der Waals surface area (Å²) >= 11 is 0. The molecule has 364 valence electrons. The van der Waals surface area contributed by atoms with E-state index in [0.29, 0.717) is 50.3 Å². The Kier molecular flexibility index (Phi) is 43.5. The number of unbranched alkanes of at least 4 members (excludes halogenated alkanes) is 18. The summed E-state index contributed by atoms with van der Waals surface area (Å²) in [6, 6.07) is 0.827. The molecule has 62 heavy (non-hydrogen) atoms. The Morgan fingerprint density at radius 3 is 1.58 bits per heavy atom. The van der Waals surface area contributed by atoms with Crippen molar-refractivity contribution in [2.75, 3.05) is 46.2 Å².